The highest BCUT2D eigenvalue weighted by atomic mass is 16.7. The van der Waals surface area contributed by atoms with Crippen LogP contribution in [0.5, 0.6) is 0 Å². The molecule has 0 saturated carbocycles. The molecule has 0 aromatic rings. The highest BCUT2D eigenvalue weighted by Gasteiger charge is 2.47. The average molecular weight is 967 g/mol. The van der Waals surface area contributed by atoms with E-state index < -0.39 is 80.7 Å². The molecule has 0 spiro atoms. The predicted octanol–water partition coefficient (Wildman–Crippen LogP) is 8.13. The standard InChI is InChI=1S/C54H94O14/c1-3-5-7-9-11-13-15-17-18-19-20-21-22-23-24-25-27-29-31-33-35-37-46(56)66-43(40-63-38-36-34-32-30-28-26-16-14-12-10-8-6-4-2)41-64-53-52(62)50(60)48(58)45(68-53)42-65-54-51(61)49(59)47(57)44(39-55)67-54/h5,7,11-14,17-18,20-21,43-45,47-55,57-62H,3-4,6,8-10,15-16,19,22-42H2,1-2H3/b7-5-,13-11-,14-12-,18-17-,21-20-. The first-order chi connectivity index (χ1) is 33.1. The lowest BCUT2D eigenvalue weighted by molar-refractivity contribution is -0.332. The Balaban J connectivity index is 1.75. The second kappa shape index (κ2) is 41.3. The molecule has 11 unspecified atom stereocenters. The van der Waals surface area contributed by atoms with Crippen molar-refractivity contribution in [2.45, 2.75) is 242 Å². The van der Waals surface area contributed by atoms with Crippen molar-refractivity contribution in [1.29, 1.82) is 0 Å². The zero-order valence-electron chi connectivity index (χ0n) is 41.8. The minimum atomic E-state index is -1.71. The third kappa shape index (κ3) is 28.5. The van der Waals surface area contributed by atoms with Gasteiger partial charge in [-0.1, -0.05) is 152 Å². The topological polar surface area (TPSA) is 214 Å². The van der Waals surface area contributed by atoms with Crippen molar-refractivity contribution in [3.8, 4) is 0 Å². The van der Waals surface area contributed by atoms with Gasteiger partial charge in [0.25, 0.3) is 0 Å². The highest BCUT2D eigenvalue weighted by Crippen LogP contribution is 2.26. The predicted molar refractivity (Wildman–Crippen MR) is 266 cm³/mol. The number of aliphatic hydroxyl groups is 7. The van der Waals surface area contributed by atoms with Gasteiger partial charge in [0.05, 0.1) is 26.4 Å². The second-order valence-electron chi connectivity index (χ2n) is 18.3. The summed E-state index contributed by atoms with van der Waals surface area (Å²) in [6.07, 6.45) is 32.8. The van der Waals surface area contributed by atoms with Crippen molar-refractivity contribution in [3.05, 3.63) is 60.8 Å². The van der Waals surface area contributed by atoms with Crippen LogP contribution in [-0.4, -0.2) is 142 Å². The van der Waals surface area contributed by atoms with E-state index in [1.807, 2.05) is 0 Å². The van der Waals surface area contributed by atoms with Crippen LogP contribution in [0.4, 0.5) is 0 Å². The zero-order chi connectivity index (χ0) is 49.5. The third-order valence-corrected chi connectivity index (χ3v) is 12.3. The normalized spacial score (nSPS) is 26.4. The fraction of sp³-hybridized carbons (Fsp3) is 0.796. The van der Waals surface area contributed by atoms with Gasteiger partial charge < -0.3 is 64.2 Å². The molecule has 0 aromatic carbocycles. The number of unbranched alkanes of at least 4 members (excludes halogenated alkanes) is 17. The van der Waals surface area contributed by atoms with Gasteiger partial charge in [-0.15, -0.1) is 0 Å². The van der Waals surface area contributed by atoms with E-state index in [9.17, 15) is 40.5 Å². The van der Waals surface area contributed by atoms with E-state index in [1.54, 1.807) is 0 Å². The quantitative estimate of drug-likeness (QED) is 0.0175. The van der Waals surface area contributed by atoms with Crippen molar-refractivity contribution in [2.24, 2.45) is 0 Å². The fourth-order valence-electron chi connectivity index (χ4n) is 7.98. The molecule has 0 amide bonds. The number of hydrogen-bond donors (Lipinski definition) is 7. The van der Waals surface area contributed by atoms with Crippen molar-refractivity contribution < 1.29 is 69.0 Å². The Labute approximate surface area is 409 Å². The van der Waals surface area contributed by atoms with Crippen LogP contribution < -0.4 is 0 Å². The molecule has 394 valence electrons. The number of ether oxygens (including phenoxy) is 6. The average Bonchev–Trinajstić information content (AvgIpc) is 3.33. The first kappa shape index (κ1) is 61.8. The summed E-state index contributed by atoms with van der Waals surface area (Å²) in [6.45, 7) is 3.52. The number of allylic oxidation sites excluding steroid dienone is 10. The van der Waals surface area contributed by atoms with Gasteiger partial charge in [0.15, 0.2) is 12.6 Å². The van der Waals surface area contributed by atoms with Gasteiger partial charge >= 0.3 is 5.97 Å². The van der Waals surface area contributed by atoms with E-state index in [-0.39, 0.29) is 25.6 Å². The monoisotopic (exact) mass is 967 g/mol. The number of carbonyl (C=O) groups excluding carboxylic acids is 1. The van der Waals surface area contributed by atoms with Crippen molar-refractivity contribution >= 4 is 5.97 Å². The number of rotatable bonds is 41. The first-order valence-electron chi connectivity index (χ1n) is 26.4. The van der Waals surface area contributed by atoms with Crippen LogP contribution in [0.25, 0.3) is 0 Å². The van der Waals surface area contributed by atoms with E-state index >= 15 is 0 Å². The Morgan fingerprint density at radius 2 is 0.956 bits per heavy atom. The number of carbonyl (C=O) groups is 1. The second-order valence-corrected chi connectivity index (χ2v) is 18.3. The SMILES string of the molecule is CC/C=C\C/C=C\C/C=C\C/C=C\CCCCCCCCCCC(=O)OC(COCCCCCCCC/C=C\CCCCC)COC1OC(COC2OC(CO)C(O)C(O)C2O)C(O)C(O)C1O. The first-order valence-corrected chi connectivity index (χ1v) is 26.4. The van der Waals surface area contributed by atoms with Gasteiger partial charge in [0, 0.05) is 13.0 Å². The van der Waals surface area contributed by atoms with Crippen molar-refractivity contribution in [3.63, 3.8) is 0 Å². The van der Waals surface area contributed by atoms with Crippen LogP contribution in [0.1, 0.15) is 174 Å². The van der Waals surface area contributed by atoms with Crippen molar-refractivity contribution in [2.75, 3.05) is 33.0 Å². The van der Waals surface area contributed by atoms with E-state index in [2.05, 4.69) is 74.6 Å². The molecule has 2 aliphatic heterocycles. The maximum absolute atomic E-state index is 13.0. The van der Waals surface area contributed by atoms with Gasteiger partial charge in [0.1, 0.15) is 54.9 Å². The zero-order valence-corrected chi connectivity index (χ0v) is 41.8. The molecule has 2 heterocycles. The number of aliphatic hydroxyl groups excluding tert-OH is 7. The minimum Gasteiger partial charge on any atom is -0.457 e. The smallest absolute Gasteiger partial charge is 0.306 e. The molecule has 2 saturated heterocycles. The molecular formula is C54H94O14. The summed E-state index contributed by atoms with van der Waals surface area (Å²) in [4.78, 5) is 13.0. The molecule has 68 heavy (non-hydrogen) atoms. The Hall–Kier alpha value is -2.31. The lowest BCUT2D eigenvalue weighted by atomic mass is 9.98. The molecule has 14 heteroatoms. The maximum atomic E-state index is 13.0. The molecule has 14 nitrogen and oxygen atoms in total. The molecule has 2 aliphatic rings. The van der Waals surface area contributed by atoms with Crippen LogP contribution in [0, 0.1) is 0 Å². The largest absolute Gasteiger partial charge is 0.457 e. The lowest BCUT2D eigenvalue weighted by Crippen LogP contribution is -2.61. The number of hydrogen-bond acceptors (Lipinski definition) is 14. The van der Waals surface area contributed by atoms with Crippen LogP contribution in [0.2, 0.25) is 0 Å². The summed E-state index contributed by atoms with van der Waals surface area (Å²) < 4.78 is 34.3. The summed E-state index contributed by atoms with van der Waals surface area (Å²) >= 11 is 0. The van der Waals surface area contributed by atoms with Gasteiger partial charge in [-0.2, -0.15) is 0 Å². The minimum absolute atomic E-state index is 0.0518. The summed E-state index contributed by atoms with van der Waals surface area (Å²) in [5.74, 6) is -0.389. The van der Waals surface area contributed by atoms with E-state index in [4.69, 9.17) is 28.4 Å². The summed E-state index contributed by atoms with van der Waals surface area (Å²) in [5.41, 5.74) is 0. The summed E-state index contributed by atoms with van der Waals surface area (Å²) in [6, 6.07) is 0. The maximum Gasteiger partial charge on any atom is 0.306 e. The molecular weight excluding hydrogens is 873 g/mol. The van der Waals surface area contributed by atoms with Gasteiger partial charge in [-0.3, -0.25) is 4.79 Å². The molecule has 7 N–H and O–H groups in total. The number of esters is 1. The Kier molecular flexibility index (Phi) is 37.6. The summed E-state index contributed by atoms with van der Waals surface area (Å²) in [7, 11) is 0. The van der Waals surface area contributed by atoms with Crippen LogP contribution in [-0.2, 0) is 33.2 Å². The van der Waals surface area contributed by atoms with Crippen LogP contribution >= 0.6 is 0 Å². The van der Waals surface area contributed by atoms with Crippen molar-refractivity contribution in [1.82, 2.24) is 0 Å². The molecule has 0 radical (unpaired) electrons. The van der Waals surface area contributed by atoms with Gasteiger partial charge in [-0.05, 0) is 77.0 Å². The van der Waals surface area contributed by atoms with E-state index in [1.165, 1.54) is 70.6 Å². The van der Waals surface area contributed by atoms with Gasteiger partial charge in [0.2, 0.25) is 0 Å². The van der Waals surface area contributed by atoms with Crippen LogP contribution in [0.15, 0.2) is 60.8 Å². The molecule has 2 fully saturated rings. The third-order valence-electron chi connectivity index (χ3n) is 12.3. The Bertz CT molecular complexity index is 1350. The molecule has 11 atom stereocenters. The Morgan fingerprint density at radius 1 is 0.500 bits per heavy atom. The van der Waals surface area contributed by atoms with Crippen LogP contribution in [0.3, 0.4) is 0 Å². The summed E-state index contributed by atoms with van der Waals surface area (Å²) in [5, 5.41) is 72.1. The fourth-order valence-corrected chi connectivity index (χ4v) is 7.98. The lowest BCUT2D eigenvalue weighted by Gasteiger charge is -2.42. The highest BCUT2D eigenvalue weighted by molar-refractivity contribution is 5.69. The van der Waals surface area contributed by atoms with E-state index in [0.717, 1.165) is 77.0 Å². The molecule has 0 aliphatic carbocycles. The Morgan fingerprint density at radius 3 is 1.51 bits per heavy atom. The van der Waals surface area contributed by atoms with Gasteiger partial charge in [-0.25, -0.2) is 0 Å². The molecule has 2 rings (SSSR count). The van der Waals surface area contributed by atoms with E-state index in [0.29, 0.717) is 13.0 Å². The molecule has 0 aromatic heterocycles. The molecule has 0 bridgehead atoms.